The molecular formula is C3H13NO3Si2. The van der Waals surface area contributed by atoms with E-state index in [1.54, 1.807) is 21.3 Å². The fourth-order valence-corrected chi connectivity index (χ4v) is 3.00. The van der Waals surface area contributed by atoms with Crippen molar-refractivity contribution in [2.24, 2.45) is 5.40 Å². The highest BCUT2D eigenvalue weighted by atomic mass is 29.2. The molecule has 0 atom stereocenters. The maximum absolute atomic E-state index is 5.46. The largest absolute Gasteiger partial charge is 0.479 e. The fourth-order valence-electron chi connectivity index (χ4n) is 0.500. The van der Waals surface area contributed by atoms with Crippen LogP contribution in [0.5, 0.6) is 0 Å². The molecule has 4 nitrogen and oxygen atoms in total. The van der Waals surface area contributed by atoms with Crippen molar-refractivity contribution in [3.05, 3.63) is 0 Å². The number of hydrogen-bond acceptors (Lipinski definition) is 4. The van der Waals surface area contributed by atoms with Gasteiger partial charge in [-0.1, -0.05) is 0 Å². The minimum atomic E-state index is -2.27. The summed E-state index contributed by atoms with van der Waals surface area (Å²) in [5.41, 5.74) is 0. The van der Waals surface area contributed by atoms with Gasteiger partial charge < -0.3 is 18.7 Å². The van der Waals surface area contributed by atoms with Crippen molar-refractivity contribution in [2.45, 2.75) is 0 Å². The van der Waals surface area contributed by atoms with Gasteiger partial charge in [0.15, 0.2) is 9.20 Å². The lowest BCUT2D eigenvalue weighted by Gasteiger charge is -2.21. The van der Waals surface area contributed by atoms with Gasteiger partial charge in [-0.15, -0.1) is 0 Å². The van der Waals surface area contributed by atoms with E-state index in [1.807, 2.05) is 0 Å². The zero-order valence-corrected chi connectivity index (χ0v) is 8.42. The molecule has 6 heteroatoms. The maximum atomic E-state index is 5.46. The standard InChI is InChI=1S/C3H13NO3Si2/c1-5-9(6-2,7-3)8-4/h4,8H2,1-3H3. The Hall–Kier alpha value is 0.274. The molecule has 0 bridgehead atoms. The highest BCUT2D eigenvalue weighted by molar-refractivity contribution is 7.13. The molecule has 56 valence electrons. The summed E-state index contributed by atoms with van der Waals surface area (Å²) in [7, 11) is 1.62. The molecule has 0 amide bonds. The molecule has 0 saturated heterocycles. The predicted molar refractivity (Wildman–Crippen MR) is 39.5 cm³/mol. The molecule has 0 aliphatic rings. The monoisotopic (exact) mass is 167 g/mol. The number of hydrogen-bond donors (Lipinski definition) is 1. The van der Waals surface area contributed by atoms with Gasteiger partial charge in [-0.2, -0.15) is 0 Å². The van der Waals surface area contributed by atoms with Crippen molar-refractivity contribution >= 4 is 17.5 Å². The van der Waals surface area contributed by atoms with Crippen LogP contribution < -0.4 is 5.40 Å². The van der Waals surface area contributed by atoms with Crippen molar-refractivity contribution in [3.63, 3.8) is 0 Å². The molecule has 0 aliphatic heterocycles. The van der Waals surface area contributed by atoms with Gasteiger partial charge >= 0.3 is 8.32 Å². The second kappa shape index (κ2) is 4.15. The van der Waals surface area contributed by atoms with E-state index >= 15 is 0 Å². The summed E-state index contributed by atoms with van der Waals surface area (Å²) in [6.45, 7) is 0. The van der Waals surface area contributed by atoms with Crippen LogP contribution in [0.1, 0.15) is 0 Å². The van der Waals surface area contributed by atoms with Crippen molar-refractivity contribution in [3.8, 4) is 0 Å². The van der Waals surface area contributed by atoms with Gasteiger partial charge in [0.25, 0.3) is 0 Å². The summed E-state index contributed by atoms with van der Waals surface area (Å²) < 4.78 is 15.0. The lowest BCUT2D eigenvalue weighted by molar-refractivity contribution is 0.148. The summed E-state index contributed by atoms with van der Waals surface area (Å²) in [5, 5.41) is 5.46. The predicted octanol–water partition coefficient (Wildman–Crippen LogP) is -1.60. The zero-order chi connectivity index (χ0) is 7.33. The molecule has 0 radical (unpaired) electrons. The third kappa shape index (κ3) is 2.16. The van der Waals surface area contributed by atoms with Crippen LogP contribution in [0.3, 0.4) is 0 Å². The normalized spacial score (nSPS) is 13.3. The molecule has 2 N–H and O–H groups in total. The van der Waals surface area contributed by atoms with Crippen LogP contribution in [0, 0.1) is 0 Å². The van der Waals surface area contributed by atoms with Gasteiger partial charge in [0.2, 0.25) is 0 Å². The second-order valence-corrected chi connectivity index (χ2v) is 8.32. The van der Waals surface area contributed by atoms with Gasteiger partial charge in [-0.3, -0.25) is 0 Å². The first-order chi connectivity index (χ1) is 4.24. The first-order valence-electron chi connectivity index (χ1n) is 2.60. The quantitative estimate of drug-likeness (QED) is 0.513. The Balaban J connectivity index is 3.82. The third-order valence-corrected chi connectivity index (χ3v) is 7.65. The molecule has 0 heterocycles. The smallest absolute Gasteiger partial charge is 0.379 e. The Morgan fingerprint density at radius 3 is 1.44 bits per heavy atom. The van der Waals surface area contributed by atoms with E-state index in [4.69, 9.17) is 18.7 Å². The topological polar surface area (TPSA) is 53.7 Å². The van der Waals surface area contributed by atoms with E-state index in [0.29, 0.717) is 0 Å². The van der Waals surface area contributed by atoms with Gasteiger partial charge in [0.1, 0.15) is 0 Å². The molecule has 0 fully saturated rings. The first-order valence-corrected chi connectivity index (χ1v) is 7.47. The van der Waals surface area contributed by atoms with Crippen molar-refractivity contribution in [2.75, 3.05) is 21.3 Å². The summed E-state index contributed by atoms with van der Waals surface area (Å²) in [4.78, 5) is 0. The fraction of sp³-hybridized carbons (Fsp3) is 1.00. The summed E-state index contributed by atoms with van der Waals surface area (Å²) in [6.07, 6.45) is 0. The summed E-state index contributed by atoms with van der Waals surface area (Å²) in [6, 6.07) is 0. The Morgan fingerprint density at radius 2 is 1.44 bits per heavy atom. The summed E-state index contributed by atoms with van der Waals surface area (Å²) in [5.74, 6) is 0. The second-order valence-electron chi connectivity index (χ2n) is 1.50. The number of nitrogens with two attached hydrogens (primary N) is 1. The molecule has 9 heavy (non-hydrogen) atoms. The van der Waals surface area contributed by atoms with E-state index in [9.17, 15) is 0 Å². The van der Waals surface area contributed by atoms with Crippen LogP contribution in [-0.4, -0.2) is 38.9 Å². The van der Waals surface area contributed by atoms with Crippen LogP contribution in [-0.2, 0) is 13.3 Å². The lowest BCUT2D eigenvalue weighted by Crippen LogP contribution is -2.53. The maximum Gasteiger partial charge on any atom is 0.479 e. The Bertz CT molecular complexity index is 59.9. The van der Waals surface area contributed by atoms with Gasteiger partial charge in [0, 0.05) is 21.3 Å². The van der Waals surface area contributed by atoms with E-state index in [2.05, 4.69) is 0 Å². The van der Waals surface area contributed by atoms with Crippen LogP contribution in [0.25, 0.3) is 0 Å². The average molecular weight is 167 g/mol. The minimum absolute atomic E-state index is 0.807. The zero-order valence-electron chi connectivity index (χ0n) is 6.01. The first kappa shape index (κ1) is 9.27. The van der Waals surface area contributed by atoms with Crippen LogP contribution >= 0.6 is 0 Å². The molecule has 0 saturated carbocycles. The Morgan fingerprint density at radius 1 is 1.11 bits per heavy atom. The Kier molecular flexibility index (Phi) is 4.27. The van der Waals surface area contributed by atoms with E-state index in [1.165, 1.54) is 0 Å². The van der Waals surface area contributed by atoms with Crippen LogP contribution in [0.15, 0.2) is 0 Å². The SMILES string of the molecule is CO[Si](OC)(OC)[SiH2]N. The van der Waals surface area contributed by atoms with E-state index < -0.39 is 17.5 Å². The molecule has 0 aromatic carbocycles. The third-order valence-electron chi connectivity index (χ3n) is 1.18. The van der Waals surface area contributed by atoms with Crippen molar-refractivity contribution in [1.29, 1.82) is 0 Å². The van der Waals surface area contributed by atoms with Crippen LogP contribution in [0.4, 0.5) is 0 Å². The van der Waals surface area contributed by atoms with Gasteiger partial charge in [-0.25, -0.2) is 0 Å². The van der Waals surface area contributed by atoms with E-state index in [-0.39, 0.29) is 0 Å². The molecule has 0 unspecified atom stereocenters. The molecule has 0 rings (SSSR count). The number of rotatable bonds is 4. The minimum Gasteiger partial charge on any atom is -0.379 e. The van der Waals surface area contributed by atoms with Gasteiger partial charge in [-0.05, 0) is 0 Å². The van der Waals surface area contributed by atoms with Crippen molar-refractivity contribution < 1.29 is 13.3 Å². The molecule has 0 spiro atoms. The molecule has 0 aromatic heterocycles. The Labute approximate surface area is 58.3 Å². The highest BCUT2D eigenvalue weighted by Crippen LogP contribution is 1.99. The highest BCUT2D eigenvalue weighted by Gasteiger charge is 2.35. The summed E-state index contributed by atoms with van der Waals surface area (Å²) >= 11 is 0. The average Bonchev–Trinajstić information content (AvgIpc) is 1.95. The van der Waals surface area contributed by atoms with E-state index in [0.717, 1.165) is 0 Å². The molecular weight excluding hydrogens is 154 g/mol. The van der Waals surface area contributed by atoms with Crippen molar-refractivity contribution in [1.82, 2.24) is 0 Å². The lowest BCUT2D eigenvalue weighted by atomic mass is 11.8. The molecule has 0 aliphatic carbocycles. The van der Waals surface area contributed by atoms with Gasteiger partial charge in [0.05, 0.1) is 0 Å². The van der Waals surface area contributed by atoms with Crippen LogP contribution in [0.2, 0.25) is 0 Å². The molecule has 0 aromatic rings.